The maximum Gasteiger partial charge on any atom is 0.00124 e. The number of nitrogens with zero attached hydrogens (tertiary/aromatic N) is 1. The normalized spacial score (nSPS) is 27.0. The Hall–Kier alpha value is -1.60. The fourth-order valence-electron chi connectivity index (χ4n) is 4.26. The molecule has 2 aromatic carbocycles. The van der Waals surface area contributed by atoms with Gasteiger partial charge in [-0.25, -0.2) is 0 Å². The molecule has 0 saturated carbocycles. The van der Waals surface area contributed by atoms with Crippen molar-refractivity contribution in [3.8, 4) is 11.1 Å². The lowest BCUT2D eigenvalue weighted by molar-refractivity contribution is 0.0469. The summed E-state index contributed by atoms with van der Waals surface area (Å²) in [5.41, 5.74) is 4.13. The van der Waals surface area contributed by atoms with Gasteiger partial charge in [0.15, 0.2) is 0 Å². The molecular formula is C21H25N. The van der Waals surface area contributed by atoms with E-state index in [9.17, 15) is 0 Å². The molecule has 5 rings (SSSR count). The van der Waals surface area contributed by atoms with Gasteiger partial charge in [0, 0.05) is 6.54 Å². The average Bonchev–Trinajstić information content (AvgIpc) is 2.62. The zero-order valence-electron chi connectivity index (χ0n) is 13.2. The van der Waals surface area contributed by atoms with Crippen molar-refractivity contribution in [2.45, 2.75) is 25.7 Å². The number of fused-ring (bicyclic) bond motifs is 3. The predicted molar refractivity (Wildman–Crippen MR) is 92.9 cm³/mol. The number of hydrogen-bond donors (Lipinski definition) is 0. The van der Waals surface area contributed by atoms with Crippen LogP contribution in [-0.2, 0) is 6.42 Å². The van der Waals surface area contributed by atoms with E-state index in [1.165, 1.54) is 62.0 Å². The lowest BCUT2D eigenvalue weighted by atomic mass is 9.76. The maximum atomic E-state index is 2.67. The van der Waals surface area contributed by atoms with Gasteiger partial charge in [0.1, 0.15) is 0 Å². The fraction of sp³-hybridized carbons (Fsp3) is 0.429. The summed E-state index contributed by atoms with van der Waals surface area (Å²) in [5.74, 6) is 1.95. The average molecular weight is 291 g/mol. The third-order valence-electron chi connectivity index (χ3n) is 5.66. The first-order valence-electron chi connectivity index (χ1n) is 8.75. The van der Waals surface area contributed by atoms with Crippen LogP contribution in [0.4, 0.5) is 0 Å². The van der Waals surface area contributed by atoms with Crippen molar-refractivity contribution in [1.29, 1.82) is 0 Å². The molecule has 3 aliphatic heterocycles. The van der Waals surface area contributed by atoms with Crippen molar-refractivity contribution < 1.29 is 0 Å². The highest BCUT2D eigenvalue weighted by Gasteiger charge is 2.33. The molecule has 0 N–H and O–H groups in total. The molecule has 0 spiro atoms. The van der Waals surface area contributed by atoms with Crippen LogP contribution < -0.4 is 0 Å². The molecule has 3 aliphatic rings. The van der Waals surface area contributed by atoms with Crippen LogP contribution in [0.25, 0.3) is 11.1 Å². The topological polar surface area (TPSA) is 3.24 Å². The predicted octanol–water partition coefficient (Wildman–Crippen LogP) is 4.63. The first kappa shape index (κ1) is 14.0. The summed E-state index contributed by atoms with van der Waals surface area (Å²) in [6.07, 6.45) is 5.49. The smallest absolute Gasteiger partial charge is 0.00124 e. The molecule has 22 heavy (non-hydrogen) atoms. The lowest BCUT2D eigenvalue weighted by Crippen LogP contribution is -2.47. The molecular weight excluding hydrogens is 266 g/mol. The molecule has 3 heterocycles. The Bertz CT molecular complexity index is 594. The monoisotopic (exact) mass is 291 g/mol. The molecule has 0 aliphatic carbocycles. The minimum atomic E-state index is 0.941. The van der Waals surface area contributed by atoms with E-state index >= 15 is 0 Å². The van der Waals surface area contributed by atoms with E-state index < -0.39 is 0 Å². The summed E-state index contributed by atoms with van der Waals surface area (Å²) in [7, 11) is 0. The molecule has 0 radical (unpaired) electrons. The highest BCUT2D eigenvalue weighted by atomic mass is 15.1. The van der Waals surface area contributed by atoms with Crippen LogP contribution >= 0.6 is 0 Å². The third kappa shape index (κ3) is 2.96. The Labute approximate surface area is 134 Å². The molecule has 1 heteroatoms. The summed E-state index contributed by atoms with van der Waals surface area (Å²) in [6.45, 7) is 4.06. The summed E-state index contributed by atoms with van der Waals surface area (Å²) in [4.78, 5) is 2.67. The van der Waals surface area contributed by atoms with E-state index in [-0.39, 0.29) is 0 Å². The Morgan fingerprint density at radius 1 is 0.818 bits per heavy atom. The minimum absolute atomic E-state index is 0.941. The molecule has 2 aromatic rings. The second-order valence-corrected chi connectivity index (χ2v) is 7.00. The first-order valence-corrected chi connectivity index (χ1v) is 8.75. The zero-order chi connectivity index (χ0) is 14.8. The second-order valence-electron chi connectivity index (χ2n) is 7.00. The van der Waals surface area contributed by atoms with E-state index in [1.54, 1.807) is 0 Å². The molecule has 1 atom stereocenters. The lowest BCUT2D eigenvalue weighted by Gasteiger charge is -2.45. The maximum absolute atomic E-state index is 2.67. The van der Waals surface area contributed by atoms with Crippen molar-refractivity contribution in [2.24, 2.45) is 11.8 Å². The van der Waals surface area contributed by atoms with Crippen LogP contribution in [0.5, 0.6) is 0 Å². The van der Waals surface area contributed by atoms with Gasteiger partial charge in [-0.3, -0.25) is 0 Å². The zero-order valence-corrected chi connectivity index (χ0v) is 13.2. The Balaban J connectivity index is 1.38. The van der Waals surface area contributed by atoms with Gasteiger partial charge in [-0.2, -0.15) is 0 Å². The molecule has 114 valence electrons. The Morgan fingerprint density at radius 2 is 1.50 bits per heavy atom. The highest BCUT2D eigenvalue weighted by Crippen LogP contribution is 2.35. The SMILES string of the molecule is c1ccc(-c2ccc(CC[C@@H]3CN4CCC3CC4)cc2)cc1. The molecule has 3 saturated heterocycles. The molecule has 0 unspecified atom stereocenters. The number of hydrogen-bond acceptors (Lipinski definition) is 1. The van der Waals surface area contributed by atoms with Crippen molar-refractivity contribution >= 4 is 0 Å². The molecule has 3 fully saturated rings. The van der Waals surface area contributed by atoms with Crippen LogP contribution in [0, 0.1) is 11.8 Å². The van der Waals surface area contributed by atoms with Gasteiger partial charge in [0.2, 0.25) is 0 Å². The quantitative estimate of drug-likeness (QED) is 0.794. The van der Waals surface area contributed by atoms with Crippen molar-refractivity contribution in [1.82, 2.24) is 4.90 Å². The van der Waals surface area contributed by atoms with Crippen molar-refractivity contribution in [3.63, 3.8) is 0 Å². The summed E-state index contributed by atoms with van der Waals surface area (Å²) < 4.78 is 0. The summed E-state index contributed by atoms with van der Waals surface area (Å²) in [6, 6.07) is 19.9. The number of aryl methyl sites for hydroxylation is 1. The van der Waals surface area contributed by atoms with E-state index in [0.717, 1.165) is 11.8 Å². The molecule has 2 bridgehead atoms. The number of piperidine rings is 3. The molecule has 0 aromatic heterocycles. The van der Waals surface area contributed by atoms with Crippen LogP contribution in [-0.4, -0.2) is 24.5 Å². The fourth-order valence-corrected chi connectivity index (χ4v) is 4.26. The third-order valence-corrected chi connectivity index (χ3v) is 5.66. The van der Waals surface area contributed by atoms with Gasteiger partial charge in [-0.05, 0) is 67.3 Å². The van der Waals surface area contributed by atoms with Gasteiger partial charge in [0.05, 0.1) is 0 Å². The van der Waals surface area contributed by atoms with Crippen LogP contribution in [0.2, 0.25) is 0 Å². The van der Waals surface area contributed by atoms with E-state index in [2.05, 4.69) is 59.5 Å². The highest BCUT2D eigenvalue weighted by molar-refractivity contribution is 5.63. The Morgan fingerprint density at radius 3 is 2.14 bits per heavy atom. The van der Waals surface area contributed by atoms with E-state index in [0.29, 0.717) is 0 Å². The van der Waals surface area contributed by atoms with Gasteiger partial charge in [0.25, 0.3) is 0 Å². The van der Waals surface area contributed by atoms with E-state index in [1.807, 2.05) is 0 Å². The summed E-state index contributed by atoms with van der Waals surface area (Å²) >= 11 is 0. The number of rotatable bonds is 4. The summed E-state index contributed by atoms with van der Waals surface area (Å²) in [5, 5.41) is 0. The van der Waals surface area contributed by atoms with Gasteiger partial charge in [-0.15, -0.1) is 0 Å². The van der Waals surface area contributed by atoms with Gasteiger partial charge >= 0.3 is 0 Å². The Kier molecular flexibility index (Phi) is 3.99. The van der Waals surface area contributed by atoms with Crippen LogP contribution in [0.3, 0.4) is 0 Å². The van der Waals surface area contributed by atoms with Crippen LogP contribution in [0.1, 0.15) is 24.8 Å². The van der Waals surface area contributed by atoms with Crippen LogP contribution in [0.15, 0.2) is 54.6 Å². The van der Waals surface area contributed by atoms with E-state index in [4.69, 9.17) is 0 Å². The first-order chi connectivity index (χ1) is 10.9. The van der Waals surface area contributed by atoms with Crippen molar-refractivity contribution in [2.75, 3.05) is 19.6 Å². The van der Waals surface area contributed by atoms with Gasteiger partial charge < -0.3 is 4.90 Å². The molecule has 1 nitrogen and oxygen atoms in total. The van der Waals surface area contributed by atoms with Crippen molar-refractivity contribution in [3.05, 3.63) is 60.2 Å². The number of benzene rings is 2. The molecule has 0 amide bonds. The minimum Gasteiger partial charge on any atom is -0.303 e. The van der Waals surface area contributed by atoms with Gasteiger partial charge in [-0.1, -0.05) is 54.6 Å². The second kappa shape index (κ2) is 6.26. The standard InChI is InChI=1S/C21H25N/c1-2-4-18(5-3-1)19-9-6-17(7-10-19)8-11-21-16-22-14-12-20(21)13-15-22/h1-7,9-10,20-21H,8,11-16H2/t21-/m1/s1. The largest absolute Gasteiger partial charge is 0.303 e.